The Morgan fingerprint density at radius 1 is 0.183 bits per heavy atom. The van der Waals surface area contributed by atoms with E-state index in [-0.39, 0.29) is 107 Å². The molecule has 0 aliphatic carbocycles. The summed E-state index contributed by atoms with van der Waals surface area (Å²) in [7, 11) is 0. The Labute approximate surface area is 801 Å². The Balaban J connectivity index is 0.000000169. The normalized spacial score (nSPS) is 11.4. The number of fused-ring (bicyclic) bond motifs is 3. The molecule has 14 aromatic carbocycles. The largest absolute Gasteiger partial charge is 0.305 e. The second-order valence-corrected chi connectivity index (χ2v) is 36.8. The first-order valence-corrected chi connectivity index (χ1v) is 42.4. The van der Waals surface area contributed by atoms with Crippen molar-refractivity contribution >= 4 is 32.3 Å². The van der Waals surface area contributed by atoms with Gasteiger partial charge in [0.15, 0.2) is 0 Å². The second-order valence-electron chi connectivity index (χ2n) is 36.8. The zero-order valence-corrected chi connectivity index (χ0v) is 83.9. The van der Waals surface area contributed by atoms with Crippen LogP contribution in [0.5, 0.6) is 0 Å². The fourth-order valence-corrected chi connectivity index (χ4v) is 15.5. The number of rotatable bonds is 11. The summed E-state index contributed by atoms with van der Waals surface area (Å²) in [6, 6.07) is 136. The summed E-state index contributed by atoms with van der Waals surface area (Å²) in [6.07, 6.45) is 7.44. The molecule has 0 saturated carbocycles. The van der Waals surface area contributed by atoms with Crippen LogP contribution in [0.15, 0.2) is 371 Å². The molecule has 4 heterocycles. The van der Waals surface area contributed by atoms with E-state index < -0.39 is 0 Å². The Morgan fingerprint density at radius 2 is 0.437 bits per heavy atom. The zero-order chi connectivity index (χ0) is 85.3. The van der Waals surface area contributed by atoms with Gasteiger partial charge in [0.2, 0.25) is 0 Å². The molecule has 0 spiro atoms. The van der Waals surface area contributed by atoms with Crippen molar-refractivity contribution in [2.24, 2.45) is 0 Å². The predicted molar refractivity (Wildman–Crippen MR) is 518 cm³/mol. The van der Waals surface area contributed by atoms with E-state index in [1.165, 1.54) is 116 Å². The maximum atomic E-state index is 4.77. The van der Waals surface area contributed by atoms with Crippen molar-refractivity contribution in [2.45, 2.75) is 131 Å². The molecular formula is C118H106Ir4N4-4. The molecule has 0 bridgehead atoms. The van der Waals surface area contributed by atoms with Crippen LogP contribution in [-0.2, 0) is 107 Å². The summed E-state index contributed by atoms with van der Waals surface area (Å²) < 4.78 is 0. The average Bonchev–Trinajstić information content (AvgIpc) is 0.810. The number of aromatic nitrogens is 4. The fraction of sp³-hybridized carbons (Fsp3) is 0.169. The van der Waals surface area contributed by atoms with Crippen molar-refractivity contribution in [1.82, 2.24) is 19.9 Å². The van der Waals surface area contributed by atoms with Crippen LogP contribution in [-0.4, -0.2) is 19.9 Å². The zero-order valence-electron chi connectivity index (χ0n) is 74.3. The van der Waals surface area contributed by atoms with Gasteiger partial charge < -0.3 is 19.9 Å². The van der Waals surface area contributed by atoms with Crippen molar-refractivity contribution in [1.29, 1.82) is 0 Å². The van der Waals surface area contributed by atoms with E-state index in [1.807, 2.05) is 110 Å². The minimum atomic E-state index is 0. The van der Waals surface area contributed by atoms with Crippen molar-refractivity contribution in [3.8, 4) is 123 Å². The first-order valence-electron chi connectivity index (χ1n) is 42.4. The molecule has 4 aromatic heterocycles. The van der Waals surface area contributed by atoms with E-state index in [2.05, 4.69) is 404 Å². The van der Waals surface area contributed by atoms with Crippen LogP contribution in [0.4, 0.5) is 0 Å². The fourth-order valence-electron chi connectivity index (χ4n) is 15.5. The van der Waals surface area contributed by atoms with E-state index in [9.17, 15) is 0 Å². The van der Waals surface area contributed by atoms with E-state index in [0.29, 0.717) is 0 Å². The number of pyridine rings is 4. The van der Waals surface area contributed by atoms with E-state index >= 15 is 0 Å². The van der Waals surface area contributed by atoms with E-state index in [4.69, 9.17) is 4.98 Å². The Kier molecular flexibility index (Phi) is 31.6. The number of benzene rings is 14. The van der Waals surface area contributed by atoms with Gasteiger partial charge in [-0.15, -0.1) is 142 Å². The van der Waals surface area contributed by atoms with Gasteiger partial charge in [0.1, 0.15) is 0 Å². The molecule has 4 nitrogen and oxygen atoms in total. The van der Waals surface area contributed by atoms with Crippen LogP contribution in [0.3, 0.4) is 0 Å². The molecule has 0 aliphatic heterocycles. The summed E-state index contributed by atoms with van der Waals surface area (Å²) >= 11 is 0. The Bertz CT molecular complexity index is 6480. The monoisotopic (exact) mass is 2350 g/mol. The van der Waals surface area contributed by atoms with Gasteiger partial charge >= 0.3 is 0 Å². The average molecular weight is 2350 g/mol. The van der Waals surface area contributed by atoms with Crippen LogP contribution < -0.4 is 0 Å². The van der Waals surface area contributed by atoms with Crippen molar-refractivity contribution < 1.29 is 80.4 Å². The van der Waals surface area contributed by atoms with Crippen LogP contribution in [0, 0.1) is 24.3 Å². The minimum absolute atomic E-state index is 0. The molecule has 0 fully saturated rings. The third kappa shape index (κ3) is 23.4. The molecule has 126 heavy (non-hydrogen) atoms. The van der Waals surface area contributed by atoms with Crippen LogP contribution in [0.1, 0.15) is 132 Å². The molecule has 18 rings (SSSR count). The summed E-state index contributed by atoms with van der Waals surface area (Å²) in [6.45, 7) is 33.8. The smallest absolute Gasteiger partial charge is 0.0167 e. The van der Waals surface area contributed by atoms with Gasteiger partial charge in [-0.1, -0.05) is 310 Å². The predicted octanol–water partition coefficient (Wildman–Crippen LogP) is 31.8. The van der Waals surface area contributed by atoms with Crippen LogP contribution >= 0.6 is 0 Å². The number of nitrogens with zero attached hydrogens (tertiary/aromatic N) is 4. The third-order valence-electron chi connectivity index (χ3n) is 22.8. The summed E-state index contributed by atoms with van der Waals surface area (Å²) in [5.74, 6) is 0. The quantitative estimate of drug-likeness (QED) is 0.121. The molecule has 0 aliphatic rings. The maximum absolute atomic E-state index is 4.77. The van der Waals surface area contributed by atoms with Crippen LogP contribution in [0.2, 0.25) is 0 Å². The summed E-state index contributed by atoms with van der Waals surface area (Å²) in [4.78, 5) is 18.4. The first-order chi connectivity index (χ1) is 58.6. The number of hydrogen-bond donors (Lipinski definition) is 0. The van der Waals surface area contributed by atoms with Gasteiger partial charge in [-0.25, -0.2) is 0 Å². The van der Waals surface area contributed by atoms with Gasteiger partial charge in [0.05, 0.1) is 0 Å². The second kappa shape index (κ2) is 41.7. The maximum Gasteiger partial charge on any atom is 0.0167 e. The van der Waals surface area contributed by atoms with Crippen molar-refractivity contribution in [3.05, 3.63) is 423 Å². The molecule has 18 aromatic rings. The first kappa shape index (κ1) is 95.7. The van der Waals surface area contributed by atoms with Crippen molar-refractivity contribution in [2.75, 3.05) is 0 Å². The van der Waals surface area contributed by atoms with Crippen molar-refractivity contribution in [3.63, 3.8) is 0 Å². The van der Waals surface area contributed by atoms with E-state index in [1.54, 1.807) is 0 Å². The molecule has 8 heteroatoms. The molecule has 0 unspecified atom stereocenters. The SMILES string of the molecule is CC(C)(C)c1ccc(-c2cc(-c3ccc(C(C)(C)C)cc3)cc(-c3cc[c-]c(-c4ccccn4)c3)c2)cc1.CC(C)(C)c1ccc(-c2cc(-c3ccc(C(C)(C)C)cc3)cc(-c3cc[c-]c(-c4nccc5ccccc45)c3)c2)cc1.CC(C)(C)c1ccc(-c2cc[c-]c(-c3nccc4ccccc34)c2)cc1.[Ir].[Ir].[Ir].[Ir].[c-]1ccccc1-c1nccc2ccccc12. The Morgan fingerprint density at radius 3 is 0.730 bits per heavy atom. The molecule has 0 saturated heterocycles. The molecule has 4 radical (unpaired) electrons. The van der Waals surface area contributed by atoms with Gasteiger partial charge in [-0.3, -0.25) is 0 Å². The van der Waals surface area contributed by atoms with Gasteiger partial charge in [-0.05, 0) is 232 Å². The summed E-state index contributed by atoms with van der Waals surface area (Å²) in [5, 5.41) is 7.07. The van der Waals surface area contributed by atoms with Crippen LogP contribution in [0.25, 0.3) is 155 Å². The number of hydrogen-bond acceptors (Lipinski definition) is 4. The summed E-state index contributed by atoms with van der Waals surface area (Å²) in [5.41, 5.74) is 32.1. The molecule has 0 atom stereocenters. The molecule has 0 N–H and O–H groups in total. The molecule has 638 valence electrons. The molecule has 0 amide bonds. The van der Waals surface area contributed by atoms with Gasteiger partial charge in [0.25, 0.3) is 0 Å². The Hall–Kier alpha value is -10.9. The topological polar surface area (TPSA) is 51.6 Å². The standard InChI is InChI=1S/C41H38N.C37H36N.C25H22N.C15H10N.4Ir/c1-40(2,3)36-18-14-28(15-19-36)33-25-34(29-16-20-37(21-17-29)41(4,5)6)27-35(26-33)31-11-9-12-32(24-31)39-38-13-8-7-10-30(38)22-23-42-39;1-36(2,3)33-17-13-26(14-18-33)30-23-31(27-15-19-34(20-16-27)37(4,5)6)25-32(24-30)28-10-9-11-29(22-28)35-12-7-8-21-38-35;1-25(2,3)22-13-11-18(12-14-22)20-8-6-9-21(17-20)24-23-10-5-4-7-19(23)15-16-26-24;1-2-7-13(8-3-1)15-14-9-5-4-6-12(14)10-11-16-15;;;;/h7-11,13-27H,1-6H3;7-10,12-25H,1-6H3;4-8,10-17H,1-3H3;1-7,9-11H;;;;/q4*-1;;;;. The van der Waals surface area contributed by atoms with E-state index in [0.717, 1.165) is 66.9 Å². The molecular weight excluding hydrogens is 2240 g/mol. The minimum Gasteiger partial charge on any atom is -0.305 e. The van der Waals surface area contributed by atoms with Gasteiger partial charge in [-0.2, -0.15) is 0 Å². The van der Waals surface area contributed by atoms with Gasteiger partial charge in [0, 0.05) is 105 Å². The third-order valence-corrected chi connectivity index (χ3v) is 22.8.